The van der Waals surface area contributed by atoms with Gasteiger partial charge in [0.25, 0.3) is 5.89 Å². The summed E-state index contributed by atoms with van der Waals surface area (Å²) >= 11 is 1.45. The second-order valence-corrected chi connectivity index (χ2v) is 5.45. The van der Waals surface area contributed by atoms with Gasteiger partial charge in [0.2, 0.25) is 11.7 Å². The zero-order valence-corrected chi connectivity index (χ0v) is 13.8. The van der Waals surface area contributed by atoms with E-state index in [-0.39, 0.29) is 18.3 Å². The molecule has 1 amide bonds. The molecule has 0 bridgehead atoms. The van der Waals surface area contributed by atoms with Crippen LogP contribution in [0.1, 0.15) is 11.9 Å². The monoisotopic (exact) mass is 351 g/mol. The van der Waals surface area contributed by atoms with Crippen molar-refractivity contribution in [3.05, 3.63) is 34.7 Å². The molecule has 3 aromatic rings. The number of amides is 1. The van der Waals surface area contributed by atoms with Crippen molar-refractivity contribution in [1.82, 2.24) is 15.1 Å². The van der Waals surface area contributed by atoms with Crippen LogP contribution in [0.3, 0.4) is 0 Å². The lowest BCUT2D eigenvalue weighted by molar-refractivity contribution is -0.114. The van der Waals surface area contributed by atoms with Crippen molar-refractivity contribution in [2.75, 3.05) is 5.32 Å². The van der Waals surface area contributed by atoms with E-state index in [2.05, 4.69) is 20.4 Å². The number of aromatic nitrogens is 3. The minimum atomic E-state index is -0.117. The van der Waals surface area contributed by atoms with Crippen molar-refractivity contribution < 1.29 is 9.32 Å². The third kappa shape index (κ3) is 3.92. The maximum Gasteiger partial charge on any atom is 0.277 e. The number of hydrogen-bond acceptors (Lipinski definition) is 7. The van der Waals surface area contributed by atoms with Gasteiger partial charge in [0.1, 0.15) is 10.7 Å². The molecule has 0 unspecified atom stereocenters. The molecule has 3 rings (SSSR count). The summed E-state index contributed by atoms with van der Waals surface area (Å²) in [6.07, 6.45) is 0. The molecule has 9 heteroatoms. The van der Waals surface area contributed by atoms with Crippen LogP contribution >= 0.6 is 23.7 Å². The number of anilines is 1. The first-order chi connectivity index (χ1) is 10.7. The van der Waals surface area contributed by atoms with Crippen molar-refractivity contribution in [3.8, 4) is 23.0 Å². The standard InChI is InChI=1S/C14H13N5O2S.ClH/c1-8(20)16-10-4-2-9(3-5-10)13-18-14(21-19-13)11-7-22-12(6-15)17-11;/h2-5,7H,6,15H2,1H3,(H,16,20);1H. The quantitative estimate of drug-likeness (QED) is 0.748. The molecule has 0 spiro atoms. The highest BCUT2D eigenvalue weighted by Crippen LogP contribution is 2.24. The summed E-state index contributed by atoms with van der Waals surface area (Å²) in [6, 6.07) is 7.18. The Labute approximate surface area is 142 Å². The molecule has 23 heavy (non-hydrogen) atoms. The van der Waals surface area contributed by atoms with E-state index < -0.39 is 0 Å². The summed E-state index contributed by atoms with van der Waals surface area (Å²) < 4.78 is 5.23. The van der Waals surface area contributed by atoms with Crippen LogP contribution in [0.4, 0.5) is 5.69 Å². The number of thiazole rings is 1. The van der Waals surface area contributed by atoms with Crippen molar-refractivity contribution in [2.45, 2.75) is 13.5 Å². The normalized spacial score (nSPS) is 10.2. The number of nitrogens with two attached hydrogens (primary N) is 1. The summed E-state index contributed by atoms with van der Waals surface area (Å²) in [5, 5.41) is 9.30. The van der Waals surface area contributed by atoms with Crippen molar-refractivity contribution in [2.24, 2.45) is 5.73 Å². The van der Waals surface area contributed by atoms with Crippen LogP contribution in [0, 0.1) is 0 Å². The maximum absolute atomic E-state index is 11.0. The summed E-state index contributed by atoms with van der Waals surface area (Å²) in [7, 11) is 0. The van der Waals surface area contributed by atoms with E-state index in [1.165, 1.54) is 18.3 Å². The molecule has 0 aliphatic rings. The molecule has 0 radical (unpaired) electrons. The Bertz CT molecular complexity index is 800. The van der Waals surface area contributed by atoms with Crippen LogP contribution < -0.4 is 11.1 Å². The second kappa shape index (κ2) is 7.32. The van der Waals surface area contributed by atoms with E-state index in [1.54, 1.807) is 12.1 Å². The molecule has 3 N–H and O–H groups in total. The highest BCUT2D eigenvalue weighted by molar-refractivity contribution is 7.09. The average molecular weight is 352 g/mol. The Morgan fingerprint density at radius 2 is 2.04 bits per heavy atom. The lowest BCUT2D eigenvalue weighted by atomic mass is 10.2. The van der Waals surface area contributed by atoms with E-state index in [0.29, 0.717) is 29.6 Å². The fourth-order valence-corrected chi connectivity index (χ4v) is 2.50. The van der Waals surface area contributed by atoms with Crippen LogP contribution in [0.5, 0.6) is 0 Å². The first-order valence-corrected chi connectivity index (χ1v) is 7.40. The van der Waals surface area contributed by atoms with Gasteiger partial charge in [-0.15, -0.1) is 23.7 Å². The van der Waals surface area contributed by atoms with Gasteiger partial charge in [0, 0.05) is 30.1 Å². The molecule has 1 aromatic carbocycles. The first kappa shape index (κ1) is 17.1. The fourth-order valence-electron chi connectivity index (χ4n) is 1.85. The first-order valence-electron chi connectivity index (χ1n) is 6.52. The molecule has 7 nitrogen and oxygen atoms in total. The number of benzene rings is 1. The molecule has 0 atom stereocenters. The zero-order chi connectivity index (χ0) is 15.5. The Morgan fingerprint density at radius 3 is 2.65 bits per heavy atom. The van der Waals surface area contributed by atoms with Crippen LogP contribution in [-0.4, -0.2) is 21.0 Å². The molecule has 0 aliphatic heterocycles. The van der Waals surface area contributed by atoms with Crippen molar-refractivity contribution >= 4 is 35.3 Å². The highest BCUT2D eigenvalue weighted by atomic mass is 35.5. The smallest absolute Gasteiger partial charge is 0.277 e. The summed E-state index contributed by atoms with van der Waals surface area (Å²) in [6.45, 7) is 1.85. The van der Waals surface area contributed by atoms with E-state index in [9.17, 15) is 4.79 Å². The Balaban J connectivity index is 0.00000192. The van der Waals surface area contributed by atoms with Gasteiger partial charge in [-0.2, -0.15) is 4.98 Å². The second-order valence-electron chi connectivity index (χ2n) is 4.51. The molecule has 0 saturated carbocycles. The van der Waals surface area contributed by atoms with E-state index in [4.69, 9.17) is 10.3 Å². The Morgan fingerprint density at radius 1 is 1.30 bits per heavy atom. The van der Waals surface area contributed by atoms with Gasteiger partial charge in [-0.1, -0.05) is 5.16 Å². The van der Waals surface area contributed by atoms with Gasteiger partial charge in [-0.3, -0.25) is 4.79 Å². The molecule has 120 valence electrons. The summed E-state index contributed by atoms with van der Waals surface area (Å²) in [5.74, 6) is 0.706. The third-order valence-corrected chi connectivity index (χ3v) is 3.71. The summed E-state index contributed by atoms with van der Waals surface area (Å²) in [4.78, 5) is 19.6. The lowest BCUT2D eigenvalue weighted by Gasteiger charge is -2.01. The molecular weight excluding hydrogens is 338 g/mol. The van der Waals surface area contributed by atoms with Gasteiger partial charge in [-0.05, 0) is 24.3 Å². The van der Waals surface area contributed by atoms with Gasteiger partial charge < -0.3 is 15.6 Å². The Hall–Kier alpha value is -2.29. The summed E-state index contributed by atoms with van der Waals surface area (Å²) in [5.41, 5.74) is 7.67. The van der Waals surface area contributed by atoms with Crippen LogP contribution in [0.2, 0.25) is 0 Å². The Kier molecular flexibility index (Phi) is 5.43. The van der Waals surface area contributed by atoms with E-state index in [0.717, 1.165) is 10.6 Å². The van der Waals surface area contributed by atoms with Gasteiger partial charge in [0.15, 0.2) is 0 Å². The van der Waals surface area contributed by atoms with Crippen molar-refractivity contribution in [1.29, 1.82) is 0 Å². The predicted octanol–water partition coefficient (Wildman–Crippen LogP) is 2.70. The van der Waals surface area contributed by atoms with Gasteiger partial charge >= 0.3 is 0 Å². The number of carbonyl (C=O) groups excluding carboxylic acids is 1. The van der Waals surface area contributed by atoms with Crippen LogP contribution in [0.25, 0.3) is 23.0 Å². The SMILES string of the molecule is CC(=O)Nc1ccc(-c2noc(-c3csc(CN)n3)n2)cc1.Cl. The highest BCUT2D eigenvalue weighted by Gasteiger charge is 2.13. The van der Waals surface area contributed by atoms with E-state index in [1.807, 2.05) is 17.5 Å². The number of nitrogens with one attached hydrogen (secondary N) is 1. The minimum Gasteiger partial charge on any atom is -0.332 e. The van der Waals surface area contributed by atoms with Crippen LogP contribution in [0.15, 0.2) is 34.2 Å². The number of carbonyl (C=O) groups is 1. The van der Waals surface area contributed by atoms with Gasteiger partial charge in [0.05, 0.1) is 0 Å². The van der Waals surface area contributed by atoms with Crippen molar-refractivity contribution in [3.63, 3.8) is 0 Å². The number of rotatable bonds is 4. The molecule has 0 fully saturated rings. The largest absolute Gasteiger partial charge is 0.332 e. The topological polar surface area (TPSA) is 107 Å². The predicted molar refractivity (Wildman–Crippen MR) is 90.3 cm³/mol. The number of hydrogen-bond donors (Lipinski definition) is 2. The fraction of sp³-hybridized carbons (Fsp3) is 0.143. The third-order valence-electron chi connectivity index (χ3n) is 2.83. The molecule has 0 saturated heterocycles. The maximum atomic E-state index is 11.0. The lowest BCUT2D eigenvalue weighted by Crippen LogP contribution is -2.05. The zero-order valence-electron chi connectivity index (χ0n) is 12.1. The molecular formula is C14H14ClN5O2S. The number of nitrogens with zero attached hydrogens (tertiary/aromatic N) is 3. The van der Waals surface area contributed by atoms with Crippen LogP contribution in [-0.2, 0) is 11.3 Å². The molecule has 0 aliphatic carbocycles. The van der Waals surface area contributed by atoms with Gasteiger partial charge in [-0.25, -0.2) is 4.98 Å². The number of halogens is 1. The minimum absolute atomic E-state index is 0. The molecule has 2 aromatic heterocycles. The average Bonchev–Trinajstić information content (AvgIpc) is 3.16. The van der Waals surface area contributed by atoms with E-state index >= 15 is 0 Å². The molecule has 2 heterocycles.